The highest BCUT2D eigenvalue weighted by atomic mass is 35.5. The molecule has 0 atom stereocenters. The molecule has 0 radical (unpaired) electrons. The van der Waals surface area contributed by atoms with Crippen LogP contribution in [0.1, 0.15) is 30.3 Å². The van der Waals surface area contributed by atoms with Crippen LogP contribution in [0.15, 0.2) is 30.3 Å². The normalized spacial score (nSPS) is 10.6. The van der Waals surface area contributed by atoms with Crippen molar-refractivity contribution < 1.29 is 9.53 Å². The number of benzene rings is 1. The summed E-state index contributed by atoms with van der Waals surface area (Å²) in [5.41, 5.74) is 0.960. The van der Waals surface area contributed by atoms with Gasteiger partial charge in [0, 0.05) is 5.39 Å². The largest absolute Gasteiger partial charge is 0.461 e. The van der Waals surface area contributed by atoms with Gasteiger partial charge >= 0.3 is 5.97 Å². The predicted octanol–water partition coefficient (Wildman–Crippen LogP) is 3.85. The number of hydrogen-bond acceptors (Lipinski definition) is 3. The fourth-order valence-electron chi connectivity index (χ4n) is 1.62. The summed E-state index contributed by atoms with van der Waals surface area (Å²) < 4.78 is 5.11. The maximum atomic E-state index is 11.8. The SMILES string of the molecule is CCCCOC(=O)c1cc(Cl)c2ccccc2n1. The minimum Gasteiger partial charge on any atom is -0.461 e. The molecule has 94 valence electrons. The number of carbonyl (C=O) groups excluding carboxylic acids is 1. The highest BCUT2D eigenvalue weighted by molar-refractivity contribution is 6.35. The first kappa shape index (κ1) is 12.8. The second-order valence-corrected chi connectivity index (χ2v) is 4.40. The smallest absolute Gasteiger partial charge is 0.356 e. The van der Waals surface area contributed by atoms with Gasteiger partial charge in [0.2, 0.25) is 0 Å². The topological polar surface area (TPSA) is 39.2 Å². The van der Waals surface area contributed by atoms with E-state index in [2.05, 4.69) is 4.98 Å². The molecule has 4 heteroatoms. The lowest BCUT2D eigenvalue weighted by atomic mass is 10.2. The summed E-state index contributed by atoms with van der Waals surface area (Å²) in [6.07, 6.45) is 1.84. The van der Waals surface area contributed by atoms with E-state index in [0.29, 0.717) is 17.1 Å². The van der Waals surface area contributed by atoms with Gasteiger partial charge in [-0.1, -0.05) is 43.1 Å². The van der Waals surface area contributed by atoms with E-state index < -0.39 is 5.97 Å². The van der Waals surface area contributed by atoms with Gasteiger partial charge in [-0.25, -0.2) is 9.78 Å². The molecular weight excluding hydrogens is 250 g/mol. The zero-order chi connectivity index (χ0) is 13.0. The Bertz CT molecular complexity index is 569. The fraction of sp³-hybridized carbons (Fsp3) is 0.286. The summed E-state index contributed by atoms with van der Waals surface area (Å²) >= 11 is 6.12. The van der Waals surface area contributed by atoms with Gasteiger partial charge in [0.25, 0.3) is 0 Å². The Morgan fingerprint density at radius 2 is 2.17 bits per heavy atom. The number of pyridine rings is 1. The summed E-state index contributed by atoms with van der Waals surface area (Å²) in [6, 6.07) is 8.99. The van der Waals surface area contributed by atoms with Gasteiger partial charge in [-0.05, 0) is 18.6 Å². The van der Waals surface area contributed by atoms with Gasteiger partial charge in [0.1, 0.15) is 0 Å². The van der Waals surface area contributed by atoms with Gasteiger partial charge in [0.05, 0.1) is 17.1 Å². The monoisotopic (exact) mass is 263 g/mol. The van der Waals surface area contributed by atoms with Crippen LogP contribution in [0, 0.1) is 0 Å². The van der Waals surface area contributed by atoms with Gasteiger partial charge in [-0.2, -0.15) is 0 Å². The summed E-state index contributed by atoms with van der Waals surface area (Å²) in [7, 11) is 0. The van der Waals surface area contributed by atoms with E-state index in [-0.39, 0.29) is 5.69 Å². The van der Waals surface area contributed by atoms with Crippen molar-refractivity contribution in [1.82, 2.24) is 4.98 Å². The number of halogens is 1. The predicted molar refractivity (Wildman–Crippen MR) is 71.9 cm³/mol. The van der Waals surface area contributed by atoms with Crippen LogP contribution in [0.25, 0.3) is 10.9 Å². The molecule has 0 amide bonds. The molecule has 1 aromatic carbocycles. The van der Waals surface area contributed by atoms with Crippen molar-refractivity contribution in [2.75, 3.05) is 6.61 Å². The lowest BCUT2D eigenvalue weighted by molar-refractivity contribution is 0.0493. The lowest BCUT2D eigenvalue weighted by Gasteiger charge is -2.05. The van der Waals surface area contributed by atoms with Crippen LogP contribution in [0.5, 0.6) is 0 Å². The van der Waals surface area contributed by atoms with Crippen molar-refractivity contribution in [2.24, 2.45) is 0 Å². The Morgan fingerprint density at radius 1 is 1.39 bits per heavy atom. The quantitative estimate of drug-likeness (QED) is 0.621. The number of ether oxygens (including phenoxy) is 1. The molecule has 0 aliphatic carbocycles. The summed E-state index contributed by atoms with van der Waals surface area (Å²) in [5, 5.41) is 1.35. The van der Waals surface area contributed by atoms with Crippen molar-refractivity contribution >= 4 is 28.5 Å². The summed E-state index contributed by atoms with van der Waals surface area (Å²) in [6.45, 7) is 2.46. The highest BCUT2D eigenvalue weighted by Crippen LogP contribution is 2.23. The minimum atomic E-state index is -0.420. The second-order valence-electron chi connectivity index (χ2n) is 4.00. The van der Waals surface area contributed by atoms with Crippen molar-refractivity contribution in [3.05, 3.63) is 41.0 Å². The number of fused-ring (bicyclic) bond motifs is 1. The first-order valence-electron chi connectivity index (χ1n) is 5.94. The molecule has 0 bridgehead atoms. The molecule has 2 rings (SSSR count). The van der Waals surface area contributed by atoms with Crippen LogP contribution in [0.4, 0.5) is 0 Å². The second kappa shape index (κ2) is 5.83. The van der Waals surface area contributed by atoms with Crippen LogP contribution in [-0.2, 0) is 4.74 Å². The lowest BCUT2D eigenvalue weighted by Crippen LogP contribution is -2.08. The van der Waals surface area contributed by atoms with Gasteiger partial charge < -0.3 is 4.74 Å². The standard InChI is InChI=1S/C14H14ClNO2/c1-2-3-8-18-14(17)13-9-11(15)10-6-4-5-7-12(10)16-13/h4-7,9H,2-3,8H2,1H3. The molecule has 0 unspecified atom stereocenters. The molecule has 1 aromatic heterocycles. The van der Waals surface area contributed by atoms with Gasteiger partial charge in [-0.15, -0.1) is 0 Å². The van der Waals surface area contributed by atoms with Gasteiger partial charge in [-0.3, -0.25) is 0 Å². The van der Waals surface area contributed by atoms with E-state index in [0.717, 1.165) is 18.2 Å². The number of para-hydroxylation sites is 1. The van der Waals surface area contributed by atoms with Crippen molar-refractivity contribution in [2.45, 2.75) is 19.8 Å². The third-order valence-corrected chi connectivity index (χ3v) is 2.92. The molecule has 0 saturated carbocycles. The number of esters is 1. The Morgan fingerprint density at radius 3 is 2.94 bits per heavy atom. The van der Waals surface area contributed by atoms with E-state index in [9.17, 15) is 4.79 Å². The van der Waals surface area contributed by atoms with Crippen LogP contribution < -0.4 is 0 Å². The maximum absolute atomic E-state index is 11.8. The number of aromatic nitrogens is 1. The molecule has 0 aliphatic rings. The van der Waals surface area contributed by atoms with E-state index in [1.54, 1.807) is 6.07 Å². The average molecular weight is 264 g/mol. The van der Waals surface area contributed by atoms with E-state index in [1.807, 2.05) is 31.2 Å². The Kier molecular flexibility index (Phi) is 4.15. The summed E-state index contributed by atoms with van der Waals surface area (Å²) in [5.74, 6) is -0.420. The summed E-state index contributed by atoms with van der Waals surface area (Å²) in [4.78, 5) is 16.0. The van der Waals surface area contributed by atoms with Crippen LogP contribution >= 0.6 is 11.6 Å². The molecule has 0 aliphatic heterocycles. The van der Waals surface area contributed by atoms with E-state index in [4.69, 9.17) is 16.3 Å². The molecule has 18 heavy (non-hydrogen) atoms. The van der Waals surface area contributed by atoms with Crippen LogP contribution in [0.3, 0.4) is 0 Å². The number of hydrogen-bond donors (Lipinski definition) is 0. The number of carbonyl (C=O) groups is 1. The average Bonchev–Trinajstić information content (AvgIpc) is 2.39. The Hall–Kier alpha value is -1.61. The Balaban J connectivity index is 2.26. The minimum absolute atomic E-state index is 0.259. The maximum Gasteiger partial charge on any atom is 0.356 e. The van der Waals surface area contributed by atoms with Crippen molar-refractivity contribution in [1.29, 1.82) is 0 Å². The van der Waals surface area contributed by atoms with Crippen molar-refractivity contribution in [3.63, 3.8) is 0 Å². The van der Waals surface area contributed by atoms with Crippen molar-refractivity contribution in [3.8, 4) is 0 Å². The first-order chi connectivity index (χ1) is 8.72. The fourth-order valence-corrected chi connectivity index (χ4v) is 1.88. The third-order valence-electron chi connectivity index (χ3n) is 2.61. The molecule has 0 N–H and O–H groups in total. The molecule has 0 fully saturated rings. The molecule has 3 nitrogen and oxygen atoms in total. The Labute approximate surface area is 111 Å². The molecule has 1 heterocycles. The van der Waals surface area contributed by atoms with Crippen LogP contribution in [-0.4, -0.2) is 17.6 Å². The van der Waals surface area contributed by atoms with Crippen LogP contribution in [0.2, 0.25) is 5.02 Å². The van der Waals surface area contributed by atoms with E-state index >= 15 is 0 Å². The zero-order valence-corrected chi connectivity index (χ0v) is 10.9. The molecular formula is C14H14ClNO2. The number of rotatable bonds is 4. The first-order valence-corrected chi connectivity index (χ1v) is 6.32. The third kappa shape index (κ3) is 2.79. The number of unbranched alkanes of at least 4 members (excludes halogenated alkanes) is 1. The van der Waals surface area contributed by atoms with E-state index in [1.165, 1.54) is 0 Å². The molecule has 0 saturated heterocycles. The molecule has 0 spiro atoms. The van der Waals surface area contributed by atoms with Gasteiger partial charge in [0.15, 0.2) is 5.69 Å². The highest BCUT2D eigenvalue weighted by Gasteiger charge is 2.12. The number of nitrogens with zero attached hydrogens (tertiary/aromatic N) is 1. The molecule has 2 aromatic rings. The zero-order valence-electron chi connectivity index (χ0n) is 10.1.